The van der Waals surface area contributed by atoms with Crippen molar-refractivity contribution < 1.29 is 4.79 Å². The van der Waals surface area contributed by atoms with Crippen LogP contribution in [0.25, 0.3) is 0 Å². The molecule has 1 fully saturated rings. The molecule has 2 heterocycles. The molecule has 4 nitrogen and oxygen atoms in total. The van der Waals surface area contributed by atoms with E-state index >= 15 is 0 Å². The molecule has 1 aromatic carbocycles. The summed E-state index contributed by atoms with van der Waals surface area (Å²) in [4.78, 5) is 18.4. The number of hydrogen-bond acceptors (Lipinski definition) is 3. The molecule has 1 N–H and O–H groups in total. The Hall–Kier alpha value is -2.20. The van der Waals surface area contributed by atoms with Crippen LogP contribution in [-0.4, -0.2) is 42.0 Å². The number of carbonyl (C=O) groups excluding carboxylic acids is 1. The number of amides is 1. The fourth-order valence-electron chi connectivity index (χ4n) is 3.29. The molecule has 0 bridgehead atoms. The van der Waals surface area contributed by atoms with Crippen LogP contribution < -0.4 is 5.32 Å². The number of aromatic nitrogens is 1. The predicted octanol–water partition coefficient (Wildman–Crippen LogP) is 2.77. The van der Waals surface area contributed by atoms with Gasteiger partial charge < -0.3 is 10.2 Å². The average molecular weight is 323 g/mol. The molecule has 24 heavy (non-hydrogen) atoms. The van der Waals surface area contributed by atoms with E-state index in [1.165, 1.54) is 24.8 Å². The van der Waals surface area contributed by atoms with Gasteiger partial charge in [0.2, 0.25) is 0 Å². The lowest BCUT2D eigenvalue weighted by Gasteiger charge is -2.32. The van der Waals surface area contributed by atoms with E-state index in [4.69, 9.17) is 0 Å². The lowest BCUT2D eigenvalue weighted by atomic mass is 9.90. The summed E-state index contributed by atoms with van der Waals surface area (Å²) in [6.45, 7) is 3.86. The zero-order valence-corrected chi connectivity index (χ0v) is 14.0. The second-order valence-corrected chi connectivity index (χ2v) is 6.47. The first-order valence-corrected chi connectivity index (χ1v) is 8.76. The number of carbonyl (C=O) groups is 1. The van der Waals surface area contributed by atoms with Gasteiger partial charge in [0.1, 0.15) is 0 Å². The average Bonchev–Trinajstić information content (AvgIpc) is 2.65. The minimum atomic E-state index is -0.0398. The van der Waals surface area contributed by atoms with E-state index in [2.05, 4.69) is 45.5 Å². The largest absolute Gasteiger partial charge is 0.351 e. The van der Waals surface area contributed by atoms with Crippen molar-refractivity contribution in [2.24, 2.45) is 5.92 Å². The van der Waals surface area contributed by atoms with Crippen LogP contribution in [0.5, 0.6) is 0 Å². The van der Waals surface area contributed by atoms with Crippen molar-refractivity contribution in [3.8, 4) is 0 Å². The quantitative estimate of drug-likeness (QED) is 0.889. The van der Waals surface area contributed by atoms with Crippen LogP contribution in [-0.2, 0) is 6.42 Å². The summed E-state index contributed by atoms with van der Waals surface area (Å²) in [5, 5.41) is 2.98. The second-order valence-electron chi connectivity index (χ2n) is 6.47. The van der Waals surface area contributed by atoms with Gasteiger partial charge in [0.15, 0.2) is 0 Å². The van der Waals surface area contributed by atoms with Crippen LogP contribution in [0.1, 0.15) is 28.8 Å². The van der Waals surface area contributed by atoms with Crippen LogP contribution in [0.4, 0.5) is 0 Å². The molecule has 0 aliphatic carbocycles. The lowest BCUT2D eigenvalue weighted by Crippen LogP contribution is -2.39. The third-order valence-electron chi connectivity index (χ3n) is 4.71. The summed E-state index contributed by atoms with van der Waals surface area (Å²) in [6, 6.07) is 14.3. The summed E-state index contributed by atoms with van der Waals surface area (Å²) in [6.07, 6.45) is 6.95. The van der Waals surface area contributed by atoms with Crippen molar-refractivity contribution in [1.82, 2.24) is 15.2 Å². The van der Waals surface area contributed by atoms with Crippen LogP contribution in [0.2, 0.25) is 0 Å². The Morgan fingerprint density at radius 3 is 2.62 bits per heavy atom. The first-order chi connectivity index (χ1) is 11.8. The van der Waals surface area contributed by atoms with Crippen LogP contribution in [0, 0.1) is 5.92 Å². The molecule has 1 saturated heterocycles. The molecule has 1 aromatic heterocycles. The highest BCUT2D eigenvalue weighted by atomic mass is 16.1. The third kappa shape index (κ3) is 4.90. The van der Waals surface area contributed by atoms with Gasteiger partial charge in [-0.15, -0.1) is 0 Å². The Kier molecular flexibility index (Phi) is 5.96. The minimum absolute atomic E-state index is 0.0398. The zero-order valence-electron chi connectivity index (χ0n) is 14.0. The number of nitrogens with zero attached hydrogens (tertiary/aromatic N) is 2. The molecule has 1 aliphatic rings. The van der Waals surface area contributed by atoms with Crippen molar-refractivity contribution in [2.45, 2.75) is 19.3 Å². The molecular formula is C20H25N3O. The van der Waals surface area contributed by atoms with Gasteiger partial charge in [-0.25, -0.2) is 0 Å². The molecule has 3 rings (SSSR count). The Labute approximate surface area is 143 Å². The standard InChI is InChI=1S/C20H25N3O/c24-20(19-7-4-10-21-16-19)22-11-14-23-12-8-18(9-13-23)15-17-5-2-1-3-6-17/h1-7,10,16,18H,8-9,11-15H2,(H,22,24). The first kappa shape index (κ1) is 16.7. The fourth-order valence-corrected chi connectivity index (χ4v) is 3.29. The third-order valence-corrected chi connectivity index (χ3v) is 4.71. The molecule has 0 radical (unpaired) electrons. The minimum Gasteiger partial charge on any atom is -0.351 e. The predicted molar refractivity (Wildman–Crippen MR) is 95.9 cm³/mol. The number of piperidine rings is 1. The Bertz CT molecular complexity index is 622. The fraction of sp³-hybridized carbons (Fsp3) is 0.400. The number of pyridine rings is 1. The first-order valence-electron chi connectivity index (χ1n) is 8.76. The second kappa shape index (κ2) is 8.60. The molecule has 126 valence electrons. The summed E-state index contributed by atoms with van der Waals surface area (Å²) in [7, 11) is 0. The molecule has 1 amide bonds. The maximum absolute atomic E-state index is 12.0. The molecule has 2 aromatic rings. The molecule has 4 heteroatoms. The van der Waals surface area contributed by atoms with Crippen LogP contribution in [0.3, 0.4) is 0 Å². The van der Waals surface area contributed by atoms with E-state index in [0.29, 0.717) is 12.1 Å². The van der Waals surface area contributed by atoms with E-state index < -0.39 is 0 Å². The van der Waals surface area contributed by atoms with Gasteiger partial charge in [-0.1, -0.05) is 30.3 Å². The van der Waals surface area contributed by atoms with Crippen LogP contribution >= 0.6 is 0 Å². The van der Waals surface area contributed by atoms with Crippen molar-refractivity contribution in [3.05, 3.63) is 66.0 Å². The number of hydrogen-bond donors (Lipinski definition) is 1. The summed E-state index contributed by atoms with van der Waals surface area (Å²) < 4.78 is 0. The Morgan fingerprint density at radius 1 is 1.12 bits per heavy atom. The van der Waals surface area contributed by atoms with Crippen molar-refractivity contribution in [2.75, 3.05) is 26.2 Å². The van der Waals surface area contributed by atoms with E-state index in [-0.39, 0.29) is 5.91 Å². The molecule has 0 atom stereocenters. The SMILES string of the molecule is O=C(NCCN1CCC(Cc2ccccc2)CC1)c1cccnc1. The Balaban J connectivity index is 1.35. The number of nitrogens with one attached hydrogen (secondary N) is 1. The molecule has 0 spiro atoms. The van der Waals surface area contributed by atoms with Gasteiger partial charge in [0, 0.05) is 25.5 Å². The highest BCUT2D eigenvalue weighted by Crippen LogP contribution is 2.21. The van der Waals surface area contributed by atoms with Gasteiger partial charge in [-0.05, 0) is 56.0 Å². The van der Waals surface area contributed by atoms with Gasteiger partial charge in [-0.2, -0.15) is 0 Å². The maximum Gasteiger partial charge on any atom is 0.252 e. The summed E-state index contributed by atoms with van der Waals surface area (Å²) >= 11 is 0. The monoisotopic (exact) mass is 323 g/mol. The van der Waals surface area contributed by atoms with E-state index in [1.807, 2.05) is 0 Å². The number of rotatable bonds is 6. The van der Waals surface area contributed by atoms with Crippen LogP contribution in [0.15, 0.2) is 54.9 Å². The summed E-state index contributed by atoms with van der Waals surface area (Å²) in [5.41, 5.74) is 2.07. The normalized spacial score (nSPS) is 16.0. The smallest absolute Gasteiger partial charge is 0.252 e. The van der Waals surface area contributed by atoms with Gasteiger partial charge in [0.25, 0.3) is 5.91 Å². The number of likely N-dealkylation sites (tertiary alicyclic amines) is 1. The molecule has 0 saturated carbocycles. The molecule has 0 unspecified atom stereocenters. The highest BCUT2D eigenvalue weighted by Gasteiger charge is 2.19. The van der Waals surface area contributed by atoms with E-state index in [9.17, 15) is 4.79 Å². The summed E-state index contributed by atoms with van der Waals surface area (Å²) in [5.74, 6) is 0.746. The van der Waals surface area contributed by atoms with Gasteiger partial charge in [-0.3, -0.25) is 9.78 Å². The van der Waals surface area contributed by atoms with Crippen molar-refractivity contribution in [1.29, 1.82) is 0 Å². The Morgan fingerprint density at radius 2 is 1.92 bits per heavy atom. The lowest BCUT2D eigenvalue weighted by molar-refractivity contribution is 0.0943. The molecular weight excluding hydrogens is 298 g/mol. The van der Waals surface area contributed by atoms with Gasteiger partial charge >= 0.3 is 0 Å². The van der Waals surface area contributed by atoms with Crippen molar-refractivity contribution in [3.63, 3.8) is 0 Å². The van der Waals surface area contributed by atoms with E-state index in [0.717, 1.165) is 25.6 Å². The number of benzene rings is 1. The topological polar surface area (TPSA) is 45.2 Å². The van der Waals surface area contributed by atoms with Gasteiger partial charge in [0.05, 0.1) is 5.56 Å². The zero-order chi connectivity index (χ0) is 16.6. The maximum atomic E-state index is 12.0. The highest BCUT2D eigenvalue weighted by molar-refractivity contribution is 5.93. The van der Waals surface area contributed by atoms with E-state index in [1.54, 1.807) is 24.5 Å². The molecule has 1 aliphatic heterocycles. The van der Waals surface area contributed by atoms with Crippen molar-refractivity contribution >= 4 is 5.91 Å².